The maximum Gasteiger partial charge on any atom is 0.331 e. The van der Waals surface area contributed by atoms with Crippen LogP contribution in [0.1, 0.15) is 39.2 Å². The molecule has 0 aliphatic carbocycles. The predicted molar refractivity (Wildman–Crippen MR) is 89.0 cm³/mol. The van der Waals surface area contributed by atoms with Crippen molar-refractivity contribution in [2.75, 3.05) is 12.4 Å². The van der Waals surface area contributed by atoms with Crippen molar-refractivity contribution in [3.63, 3.8) is 0 Å². The van der Waals surface area contributed by atoms with Gasteiger partial charge in [0.2, 0.25) is 5.91 Å². The molecule has 7 nitrogen and oxygen atoms in total. The molecule has 0 unspecified atom stereocenters. The van der Waals surface area contributed by atoms with E-state index in [0.29, 0.717) is 11.4 Å². The van der Waals surface area contributed by atoms with E-state index in [1.807, 2.05) is 0 Å². The Labute approximate surface area is 141 Å². The van der Waals surface area contributed by atoms with E-state index in [1.165, 1.54) is 19.4 Å². The highest BCUT2D eigenvalue weighted by molar-refractivity contribution is 5.92. The summed E-state index contributed by atoms with van der Waals surface area (Å²) in [6.07, 6.45) is 4.44. The molecule has 1 amide bonds. The van der Waals surface area contributed by atoms with Gasteiger partial charge in [-0.2, -0.15) is 0 Å². The van der Waals surface area contributed by atoms with Crippen molar-refractivity contribution in [2.24, 2.45) is 0 Å². The normalized spacial score (nSPS) is 11.2. The Morgan fingerprint density at radius 1 is 1.21 bits per heavy atom. The minimum absolute atomic E-state index is 0.0129. The maximum atomic E-state index is 11.6. The summed E-state index contributed by atoms with van der Waals surface area (Å²) in [5, 5.41) is 2.57. The number of carbonyl (C=O) groups is 3. The highest BCUT2D eigenvalue weighted by Gasteiger charge is 2.13. The second kappa shape index (κ2) is 8.81. The molecule has 0 bridgehead atoms. The molecule has 0 saturated heterocycles. The van der Waals surface area contributed by atoms with Crippen LogP contribution >= 0.6 is 0 Å². The molecule has 7 heteroatoms. The molecule has 1 heterocycles. The van der Waals surface area contributed by atoms with Crippen LogP contribution in [0.15, 0.2) is 24.4 Å². The number of esters is 2. The standard InChI is InChI=1S/C17H22N2O5/c1-17(2,3)24-16(22)9-6-12-5-7-13(18-11-12)19-14(20)8-10-15(21)23-4/h5-7,9,11H,8,10H2,1-4H3,(H,18,19,20)/b9-6+. The van der Waals surface area contributed by atoms with E-state index in [4.69, 9.17) is 4.74 Å². The van der Waals surface area contributed by atoms with E-state index in [0.717, 1.165) is 0 Å². The monoisotopic (exact) mass is 334 g/mol. The molecular weight excluding hydrogens is 312 g/mol. The quantitative estimate of drug-likeness (QED) is 0.634. The average molecular weight is 334 g/mol. The fourth-order valence-electron chi connectivity index (χ4n) is 1.60. The van der Waals surface area contributed by atoms with Crippen LogP contribution in [0.5, 0.6) is 0 Å². The van der Waals surface area contributed by atoms with Crippen LogP contribution in [0, 0.1) is 0 Å². The molecular formula is C17H22N2O5. The number of hydrogen-bond acceptors (Lipinski definition) is 6. The molecule has 0 aromatic carbocycles. The molecule has 0 atom stereocenters. The number of aromatic nitrogens is 1. The number of rotatable bonds is 6. The molecule has 0 fully saturated rings. The summed E-state index contributed by atoms with van der Waals surface area (Å²) < 4.78 is 9.61. The Hall–Kier alpha value is -2.70. The van der Waals surface area contributed by atoms with Gasteiger partial charge in [-0.3, -0.25) is 9.59 Å². The lowest BCUT2D eigenvalue weighted by molar-refractivity contribution is -0.148. The second-order valence-electron chi connectivity index (χ2n) is 5.97. The molecule has 1 aromatic rings. The first-order chi connectivity index (χ1) is 11.2. The van der Waals surface area contributed by atoms with E-state index in [2.05, 4.69) is 15.0 Å². The van der Waals surface area contributed by atoms with Crippen molar-refractivity contribution in [1.82, 2.24) is 4.98 Å². The van der Waals surface area contributed by atoms with Crippen molar-refractivity contribution in [1.29, 1.82) is 0 Å². The zero-order valence-corrected chi connectivity index (χ0v) is 14.3. The zero-order valence-electron chi connectivity index (χ0n) is 14.3. The van der Waals surface area contributed by atoms with Gasteiger partial charge in [0.05, 0.1) is 13.5 Å². The summed E-state index contributed by atoms with van der Waals surface area (Å²) in [6.45, 7) is 5.37. The molecule has 1 rings (SSSR count). The van der Waals surface area contributed by atoms with E-state index < -0.39 is 17.5 Å². The zero-order chi connectivity index (χ0) is 18.2. The fourth-order valence-corrected chi connectivity index (χ4v) is 1.60. The minimum atomic E-state index is -0.544. The van der Waals surface area contributed by atoms with Crippen LogP contribution in [-0.4, -0.2) is 35.5 Å². The Balaban J connectivity index is 2.52. The summed E-state index contributed by atoms with van der Waals surface area (Å²) in [4.78, 5) is 38.2. The third kappa shape index (κ3) is 8.07. The predicted octanol–water partition coefficient (Wildman–Crippen LogP) is 2.33. The lowest BCUT2D eigenvalue weighted by Gasteiger charge is -2.17. The van der Waals surface area contributed by atoms with Gasteiger partial charge in [-0.25, -0.2) is 9.78 Å². The number of amides is 1. The molecule has 1 N–H and O–H groups in total. The van der Waals surface area contributed by atoms with Crippen molar-refractivity contribution in [3.8, 4) is 0 Å². The number of nitrogens with zero attached hydrogens (tertiary/aromatic N) is 1. The van der Waals surface area contributed by atoms with E-state index in [-0.39, 0.29) is 18.7 Å². The summed E-state index contributed by atoms with van der Waals surface area (Å²) in [7, 11) is 1.27. The van der Waals surface area contributed by atoms with Crippen LogP contribution in [0.4, 0.5) is 5.82 Å². The molecule has 0 radical (unpaired) electrons. The van der Waals surface area contributed by atoms with E-state index >= 15 is 0 Å². The lowest BCUT2D eigenvalue weighted by atomic mass is 10.2. The molecule has 0 aliphatic heterocycles. The lowest BCUT2D eigenvalue weighted by Crippen LogP contribution is -2.22. The Kier molecular flexibility index (Phi) is 7.10. The molecule has 130 valence electrons. The topological polar surface area (TPSA) is 94.6 Å². The number of nitrogens with one attached hydrogen (secondary N) is 1. The molecule has 0 spiro atoms. The smallest absolute Gasteiger partial charge is 0.331 e. The van der Waals surface area contributed by atoms with Crippen LogP contribution < -0.4 is 5.32 Å². The third-order valence-corrected chi connectivity index (χ3v) is 2.66. The first-order valence-electron chi connectivity index (χ1n) is 7.43. The highest BCUT2D eigenvalue weighted by Crippen LogP contribution is 2.10. The summed E-state index contributed by atoms with van der Waals surface area (Å²) in [5.74, 6) is -0.854. The van der Waals surface area contributed by atoms with E-state index in [1.54, 1.807) is 39.0 Å². The van der Waals surface area contributed by atoms with Crippen LogP contribution in [-0.2, 0) is 23.9 Å². The number of ether oxygens (including phenoxy) is 2. The van der Waals surface area contributed by atoms with Crippen LogP contribution in [0.2, 0.25) is 0 Å². The second-order valence-corrected chi connectivity index (χ2v) is 5.97. The Morgan fingerprint density at radius 2 is 1.92 bits per heavy atom. The average Bonchev–Trinajstić information content (AvgIpc) is 2.50. The van der Waals surface area contributed by atoms with Crippen molar-refractivity contribution in [2.45, 2.75) is 39.2 Å². The summed E-state index contributed by atoms with van der Waals surface area (Å²) >= 11 is 0. The van der Waals surface area contributed by atoms with Crippen molar-refractivity contribution >= 4 is 29.7 Å². The number of carbonyl (C=O) groups excluding carboxylic acids is 3. The number of methoxy groups -OCH3 is 1. The molecule has 0 aliphatic rings. The van der Waals surface area contributed by atoms with Crippen LogP contribution in [0.3, 0.4) is 0 Å². The van der Waals surface area contributed by atoms with Gasteiger partial charge in [-0.05, 0) is 44.5 Å². The summed E-state index contributed by atoms with van der Waals surface area (Å²) in [6, 6.07) is 3.30. The number of anilines is 1. The van der Waals surface area contributed by atoms with Gasteiger partial charge in [0.15, 0.2) is 0 Å². The van der Waals surface area contributed by atoms with Crippen molar-refractivity contribution < 1.29 is 23.9 Å². The summed E-state index contributed by atoms with van der Waals surface area (Å²) in [5.41, 5.74) is 0.145. The van der Waals surface area contributed by atoms with Gasteiger partial charge >= 0.3 is 11.9 Å². The Bertz CT molecular complexity index is 615. The van der Waals surface area contributed by atoms with Gasteiger partial charge in [-0.1, -0.05) is 0 Å². The van der Waals surface area contributed by atoms with E-state index in [9.17, 15) is 14.4 Å². The molecule has 1 aromatic heterocycles. The molecule has 24 heavy (non-hydrogen) atoms. The molecule has 0 saturated carbocycles. The van der Waals surface area contributed by atoms with Gasteiger partial charge in [0, 0.05) is 18.7 Å². The van der Waals surface area contributed by atoms with Gasteiger partial charge in [-0.15, -0.1) is 0 Å². The Morgan fingerprint density at radius 3 is 2.46 bits per heavy atom. The third-order valence-electron chi connectivity index (χ3n) is 2.66. The van der Waals surface area contributed by atoms with Crippen molar-refractivity contribution in [3.05, 3.63) is 30.0 Å². The largest absolute Gasteiger partial charge is 0.469 e. The number of hydrogen-bond donors (Lipinski definition) is 1. The maximum absolute atomic E-state index is 11.6. The first-order valence-corrected chi connectivity index (χ1v) is 7.43. The van der Waals surface area contributed by atoms with Crippen LogP contribution in [0.25, 0.3) is 6.08 Å². The fraction of sp³-hybridized carbons (Fsp3) is 0.412. The van der Waals surface area contributed by atoms with Gasteiger partial charge in [0.25, 0.3) is 0 Å². The minimum Gasteiger partial charge on any atom is -0.469 e. The first kappa shape index (κ1) is 19.3. The SMILES string of the molecule is COC(=O)CCC(=O)Nc1ccc(/C=C/C(=O)OC(C)(C)C)cn1. The van der Waals surface area contributed by atoms with Gasteiger partial charge in [0.1, 0.15) is 11.4 Å². The highest BCUT2D eigenvalue weighted by atomic mass is 16.6. The number of pyridine rings is 1. The van der Waals surface area contributed by atoms with Gasteiger partial charge < -0.3 is 14.8 Å².